The van der Waals surface area contributed by atoms with Gasteiger partial charge in [-0.3, -0.25) is 14.1 Å². The zero-order valence-electron chi connectivity index (χ0n) is 31.0. The fraction of sp³-hybridized carbons (Fsp3) is 0.947. The molecule has 1 atom stereocenters. The van der Waals surface area contributed by atoms with Crippen molar-refractivity contribution >= 4 is 19.8 Å². The first-order valence-electron chi connectivity index (χ1n) is 19.5. The van der Waals surface area contributed by atoms with Gasteiger partial charge in [0.15, 0.2) is 6.10 Å². The maximum Gasteiger partial charge on any atom is 0.469 e. The summed E-state index contributed by atoms with van der Waals surface area (Å²) in [6.07, 6.45) is 29.9. The standard InChI is InChI=1S/C38H75O8P/c1-34(2)28-24-20-16-12-10-8-6-5-7-9-11-13-18-22-26-30-37(39)44-32-36(33-45-47(41,42)43)46-38(40)31-27-23-19-15-14-17-21-25-29-35(3)4/h34-36H,5-33H2,1-4H3,(H2,41,42,43)/t36-/m1/s1. The van der Waals surface area contributed by atoms with Crippen LogP contribution in [0.2, 0.25) is 0 Å². The van der Waals surface area contributed by atoms with Crippen molar-refractivity contribution in [3.05, 3.63) is 0 Å². The molecule has 0 saturated heterocycles. The van der Waals surface area contributed by atoms with Gasteiger partial charge in [0.1, 0.15) is 6.61 Å². The number of hydrogen-bond acceptors (Lipinski definition) is 6. The van der Waals surface area contributed by atoms with Crippen LogP contribution in [-0.2, 0) is 28.2 Å². The van der Waals surface area contributed by atoms with Crippen LogP contribution in [0.1, 0.15) is 201 Å². The molecule has 280 valence electrons. The van der Waals surface area contributed by atoms with Crippen LogP contribution in [-0.4, -0.2) is 41.0 Å². The predicted octanol–water partition coefficient (Wildman–Crippen LogP) is 11.4. The van der Waals surface area contributed by atoms with Gasteiger partial charge in [0.05, 0.1) is 6.61 Å². The molecular formula is C38H75O8P. The third-order valence-electron chi connectivity index (χ3n) is 8.73. The molecule has 8 nitrogen and oxygen atoms in total. The second-order valence-corrected chi connectivity index (χ2v) is 15.8. The molecule has 0 spiro atoms. The Morgan fingerprint density at radius 1 is 0.489 bits per heavy atom. The largest absolute Gasteiger partial charge is 0.469 e. The fourth-order valence-electron chi connectivity index (χ4n) is 5.80. The average molecular weight is 691 g/mol. The predicted molar refractivity (Wildman–Crippen MR) is 193 cm³/mol. The van der Waals surface area contributed by atoms with E-state index in [1.54, 1.807) is 0 Å². The first-order valence-corrected chi connectivity index (χ1v) is 21.1. The fourth-order valence-corrected chi connectivity index (χ4v) is 6.16. The van der Waals surface area contributed by atoms with Gasteiger partial charge in [-0.1, -0.05) is 175 Å². The lowest BCUT2D eigenvalue weighted by atomic mass is 10.0. The quantitative estimate of drug-likeness (QED) is 0.0383. The van der Waals surface area contributed by atoms with Gasteiger partial charge in [-0.15, -0.1) is 0 Å². The molecule has 47 heavy (non-hydrogen) atoms. The molecule has 0 amide bonds. The van der Waals surface area contributed by atoms with Crippen molar-refractivity contribution in [3.63, 3.8) is 0 Å². The lowest BCUT2D eigenvalue weighted by Crippen LogP contribution is -2.29. The van der Waals surface area contributed by atoms with Crippen LogP contribution in [0.15, 0.2) is 0 Å². The van der Waals surface area contributed by atoms with Gasteiger partial charge in [0.2, 0.25) is 0 Å². The molecule has 0 aromatic rings. The van der Waals surface area contributed by atoms with E-state index in [0.717, 1.165) is 50.4 Å². The molecule has 0 rings (SSSR count). The van der Waals surface area contributed by atoms with E-state index in [0.29, 0.717) is 6.42 Å². The minimum Gasteiger partial charge on any atom is -0.462 e. The van der Waals surface area contributed by atoms with E-state index in [2.05, 4.69) is 32.2 Å². The Bertz CT molecular complexity index is 767. The van der Waals surface area contributed by atoms with Crippen molar-refractivity contribution in [2.24, 2.45) is 11.8 Å². The molecule has 9 heteroatoms. The first-order chi connectivity index (χ1) is 22.5. The Labute approximate surface area is 289 Å². The number of ether oxygens (including phenoxy) is 2. The van der Waals surface area contributed by atoms with Crippen LogP contribution >= 0.6 is 7.82 Å². The van der Waals surface area contributed by atoms with Crippen LogP contribution in [0.4, 0.5) is 0 Å². The highest BCUT2D eigenvalue weighted by molar-refractivity contribution is 7.46. The van der Waals surface area contributed by atoms with E-state index in [4.69, 9.17) is 19.3 Å². The maximum atomic E-state index is 12.3. The number of unbranched alkanes of at least 4 members (excludes halogenated alkanes) is 21. The van der Waals surface area contributed by atoms with Crippen molar-refractivity contribution in [2.45, 2.75) is 207 Å². The molecule has 0 saturated carbocycles. The Hall–Kier alpha value is -0.950. The molecule has 0 aliphatic heterocycles. The van der Waals surface area contributed by atoms with E-state index >= 15 is 0 Å². The normalized spacial score (nSPS) is 12.6. The number of carbonyl (C=O) groups is 2. The zero-order valence-corrected chi connectivity index (χ0v) is 31.9. The lowest BCUT2D eigenvalue weighted by Gasteiger charge is -2.18. The summed E-state index contributed by atoms with van der Waals surface area (Å²) < 4.78 is 26.3. The molecule has 0 radical (unpaired) electrons. The van der Waals surface area contributed by atoms with Gasteiger partial charge in [-0.25, -0.2) is 4.57 Å². The Balaban J connectivity index is 3.87. The summed E-state index contributed by atoms with van der Waals surface area (Å²) in [4.78, 5) is 42.7. The minimum atomic E-state index is -4.74. The second-order valence-electron chi connectivity index (χ2n) is 14.6. The molecule has 0 aliphatic carbocycles. The maximum absolute atomic E-state index is 12.3. The molecule has 0 heterocycles. The summed E-state index contributed by atoms with van der Waals surface area (Å²) in [5, 5.41) is 0. The summed E-state index contributed by atoms with van der Waals surface area (Å²) in [6.45, 7) is 8.32. The third kappa shape index (κ3) is 37.7. The smallest absolute Gasteiger partial charge is 0.462 e. The molecular weight excluding hydrogens is 615 g/mol. The highest BCUT2D eigenvalue weighted by atomic mass is 31.2. The minimum absolute atomic E-state index is 0.216. The highest BCUT2D eigenvalue weighted by Gasteiger charge is 2.22. The monoisotopic (exact) mass is 691 g/mol. The molecule has 0 fully saturated rings. The zero-order chi connectivity index (χ0) is 35.0. The van der Waals surface area contributed by atoms with Crippen molar-refractivity contribution in [1.82, 2.24) is 0 Å². The van der Waals surface area contributed by atoms with Crippen LogP contribution in [0.3, 0.4) is 0 Å². The second kappa shape index (κ2) is 32.3. The summed E-state index contributed by atoms with van der Waals surface area (Å²) >= 11 is 0. The number of phosphoric ester groups is 1. The average Bonchev–Trinajstić information content (AvgIpc) is 3.00. The number of carbonyl (C=O) groups excluding carboxylic acids is 2. The van der Waals surface area contributed by atoms with Crippen molar-refractivity contribution in [1.29, 1.82) is 0 Å². The number of hydrogen-bond donors (Lipinski definition) is 2. The molecule has 0 unspecified atom stereocenters. The van der Waals surface area contributed by atoms with Crippen LogP contribution in [0.5, 0.6) is 0 Å². The number of phosphoric acid groups is 1. The molecule has 0 bridgehead atoms. The van der Waals surface area contributed by atoms with Gasteiger partial charge < -0.3 is 19.3 Å². The van der Waals surface area contributed by atoms with E-state index in [1.807, 2.05) is 0 Å². The van der Waals surface area contributed by atoms with Crippen LogP contribution in [0, 0.1) is 11.8 Å². The van der Waals surface area contributed by atoms with E-state index in [1.165, 1.54) is 116 Å². The lowest BCUT2D eigenvalue weighted by molar-refractivity contribution is -0.161. The number of rotatable bonds is 35. The molecule has 0 aromatic carbocycles. The third-order valence-corrected chi connectivity index (χ3v) is 9.22. The van der Waals surface area contributed by atoms with E-state index in [-0.39, 0.29) is 19.4 Å². The van der Waals surface area contributed by atoms with Gasteiger partial charge >= 0.3 is 19.8 Å². The van der Waals surface area contributed by atoms with E-state index in [9.17, 15) is 14.2 Å². The van der Waals surface area contributed by atoms with Gasteiger partial charge in [-0.05, 0) is 24.7 Å². The molecule has 0 aliphatic rings. The van der Waals surface area contributed by atoms with Crippen molar-refractivity contribution in [2.75, 3.05) is 13.2 Å². The van der Waals surface area contributed by atoms with Gasteiger partial charge in [0, 0.05) is 12.8 Å². The summed E-state index contributed by atoms with van der Waals surface area (Å²) in [7, 11) is -4.74. The SMILES string of the molecule is CC(C)CCCCCCCCCCCCCCCCCC(=O)OC[C@H](COP(=O)(O)O)OC(=O)CCCCCCCCCCC(C)C. The van der Waals surface area contributed by atoms with Crippen LogP contribution < -0.4 is 0 Å². The van der Waals surface area contributed by atoms with Crippen molar-refractivity contribution in [3.8, 4) is 0 Å². The highest BCUT2D eigenvalue weighted by Crippen LogP contribution is 2.36. The Kier molecular flexibility index (Phi) is 31.6. The summed E-state index contributed by atoms with van der Waals surface area (Å²) in [5.41, 5.74) is 0. The first kappa shape index (κ1) is 46.0. The van der Waals surface area contributed by atoms with Gasteiger partial charge in [-0.2, -0.15) is 0 Å². The molecule has 0 aromatic heterocycles. The topological polar surface area (TPSA) is 119 Å². The Morgan fingerprint density at radius 2 is 0.809 bits per heavy atom. The van der Waals surface area contributed by atoms with Crippen LogP contribution in [0.25, 0.3) is 0 Å². The van der Waals surface area contributed by atoms with Gasteiger partial charge in [0.25, 0.3) is 0 Å². The Morgan fingerprint density at radius 3 is 1.15 bits per heavy atom. The summed E-state index contributed by atoms with van der Waals surface area (Å²) in [5.74, 6) is 0.734. The summed E-state index contributed by atoms with van der Waals surface area (Å²) in [6, 6.07) is 0. The molecule has 2 N–H and O–H groups in total. The number of esters is 2. The van der Waals surface area contributed by atoms with Crippen molar-refractivity contribution < 1.29 is 37.9 Å². The van der Waals surface area contributed by atoms with E-state index < -0.39 is 32.5 Å².